The maximum absolute atomic E-state index is 12.4. The van der Waals surface area contributed by atoms with Gasteiger partial charge < -0.3 is 5.32 Å². The smallest absolute Gasteiger partial charge is 0.261 e. The van der Waals surface area contributed by atoms with E-state index in [4.69, 9.17) is 0 Å². The molecule has 6 heteroatoms. The molecule has 2 aromatic rings. The highest BCUT2D eigenvalue weighted by molar-refractivity contribution is 7.92. The molecule has 0 radical (unpaired) electrons. The van der Waals surface area contributed by atoms with Crippen LogP contribution >= 0.6 is 0 Å². The summed E-state index contributed by atoms with van der Waals surface area (Å²) in [6.45, 7) is 0. The lowest BCUT2D eigenvalue weighted by Gasteiger charge is -2.22. The Balaban J connectivity index is 1.72. The lowest BCUT2D eigenvalue weighted by atomic mass is 9.95. The summed E-state index contributed by atoms with van der Waals surface area (Å²) in [6, 6.07) is 14.9. The molecule has 0 aromatic heterocycles. The van der Waals surface area contributed by atoms with Crippen molar-refractivity contribution in [1.29, 1.82) is 0 Å². The number of sulfonamides is 1. The zero-order valence-electron chi connectivity index (χ0n) is 13.9. The van der Waals surface area contributed by atoms with Gasteiger partial charge in [-0.2, -0.15) is 0 Å². The van der Waals surface area contributed by atoms with Crippen LogP contribution in [0.15, 0.2) is 59.5 Å². The lowest BCUT2D eigenvalue weighted by molar-refractivity contribution is 0.0927. The van der Waals surface area contributed by atoms with E-state index in [0.717, 1.165) is 25.7 Å². The van der Waals surface area contributed by atoms with E-state index in [-0.39, 0.29) is 16.8 Å². The molecule has 0 saturated heterocycles. The van der Waals surface area contributed by atoms with Crippen molar-refractivity contribution >= 4 is 21.6 Å². The van der Waals surface area contributed by atoms with Crippen LogP contribution in [0.4, 0.5) is 5.69 Å². The van der Waals surface area contributed by atoms with Crippen LogP contribution in [0.1, 0.15) is 42.5 Å². The summed E-state index contributed by atoms with van der Waals surface area (Å²) in [7, 11) is -3.66. The van der Waals surface area contributed by atoms with Gasteiger partial charge in [0.25, 0.3) is 15.9 Å². The van der Waals surface area contributed by atoms with Crippen molar-refractivity contribution < 1.29 is 13.2 Å². The van der Waals surface area contributed by atoms with E-state index in [1.54, 1.807) is 42.5 Å². The first-order valence-electron chi connectivity index (χ1n) is 8.53. The van der Waals surface area contributed by atoms with Gasteiger partial charge in [0.2, 0.25) is 0 Å². The van der Waals surface area contributed by atoms with Gasteiger partial charge in [-0.25, -0.2) is 8.42 Å². The molecule has 0 bridgehead atoms. The number of carbonyl (C=O) groups excluding carboxylic acids is 1. The summed E-state index contributed by atoms with van der Waals surface area (Å²) in [5.41, 5.74) is 0.832. The lowest BCUT2D eigenvalue weighted by Crippen LogP contribution is -2.36. The molecule has 25 heavy (non-hydrogen) atoms. The maximum atomic E-state index is 12.4. The third kappa shape index (κ3) is 4.60. The summed E-state index contributed by atoms with van der Waals surface area (Å²) < 4.78 is 27.3. The largest absolute Gasteiger partial charge is 0.349 e. The second-order valence-electron chi connectivity index (χ2n) is 6.31. The van der Waals surface area contributed by atoms with Crippen LogP contribution < -0.4 is 10.0 Å². The predicted octanol–water partition coefficient (Wildman–Crippen LogP) is 3.55. The Bertz CT molecular complexity index is 829. The van der Waals surface area contributed by atoms with Gasteiger partial charge in [-0.05, 0) is 43.2 Å². The molecule has 1 aliphatic rings. The minimum absolute atomic E-state index is 0.160. The van der Waals surface area contributed by atoms with E-state index in [9.17, 15) is 13.2 Å². The molecule has 0 atom stereocenters. The number of benzene rings is 2. The van der Waals surface area contributed by atoms with Crippen molar-refractivity contribution in [2.45, 2.75) is 43.0 Å². The van der Waals surface area contributed by atoms with Crippen LogP contribution in [0.2, 0.25) is 0 Å². The first-order valence-corrected chi connectivity index (χ1v) is 10.0. The Morgan fingerprint density at radius 3 is 2.36 bits per heavy atom. The van der Waals surface area contributed by atoms with Gasteiger partial charge in [-0.15, -0.1) is 0 Å². The fourth-order valence-corrected chi connectivity index (χ4v) is 4.12. The van der Waals surface area contributed by atoms with E-state index < -0.39 is 10.0 Å². The maximum Gasteiger partial charge on any atom is 0.261 e. The molecule has 1 amide bonds. The molecule has 1 aliphatic carbocycles. The number of hydrogen-bond donors (Lipinski definition) is 2. The topological polar surface area (TPSA) is 75.3 Å². The van der Waals surface area contributed by atoms with E-state index in [2.05, 4.69) is 10.0 Å². The number of amides is 1. The van der Waals surface area contributed by atoms with Crippen molar-refractivity contribution in [3.63, 3.8) is 0 Å². The van der Waals surface area contributed by atoms with Crippen molar-refractivity contribution in [2.24, 2.45) is 0 Å². The van der Waals surface area contributed by atoms with Crippen LogP contribution in [-0.2, 0) is 10.0 Å². The summed E-state index contributed by atoms with van der Waals surface area (Å²) in [6.07, 6.45) is 5.52. The minimum Gasteiger partial charge on any atom is -0.349 e. The molecule has 5 nitrogen and oxygen atoms in total. The number of rotatable bonds is 5. The number of nitrogens with one attached hydrogen (secondary N) is 2. The van der Waals surface area contributed by atoms with Crippen molar-refractivity contribution in [3.05, 3.63) is 60.2 Å². The standard InChI is InChI=1S/C19H22N2O3S/c22-19(20-16-9-3-1-4-10-16)15-8-7-11-17(14-15)21-25(23,24)18-12-5-2-6-13-18/h2,5-8,11-14,16,21H,1,3-4,9-10H2,(H,20,22). The first kappa shape index (κ1) is 17.5. The minimum atomic E-state index is -3.66. The Hall–Kier alpha value is -2.34. The number of hydrogen-bond acceptors (Lipinski definition) is 3. The first-order chi connectivity index (χ1) is 12.0. The van der Waals surface area contributed by atoms with Gasteiger partial charge in [0.1, 0.15) is 0 Å². The summed E-state index contributed by atoms with van der Waals surface area (Å²) in [5.74, 6) is -0.160. The fourth-order valence-electron chi connectivity index (χ4n) is 3.05. The Kier molecular flexibility index (Phi) is 5.38. The quantitative estimate of drug-likeness (QED) is 0.858. The summed E-state index contributed by atoms with van der Waals surface area (Å²) in [4.78, 5) is 12.6. The van der Waals surface area contributed by atoms with Crippen molar-refractivity contribution in [1.82, 2.24) is 5.32 Å². The van der Waals surface area contributed by atoms with Gasteiger partial charge in [0, 0.05) is 17.3 Å². The molecular weight excluding hydrogens is 336 g/mol. The average Bonchev–Trinajstić information content (AvgIpc) is 2.63. The van der Waals surface area contributed by atoms with Gasteiger partial charge in [0.05, 0.1) is 4.90 Å². The highest BCUT2D eigenvalue weighted by Gasteiger charge is 2.18. The van der Waals surface area contributed by atoms with Crippen molar-refractivity contribution in [2.75, 3.05) is 4.72 Å². The second-order valence-corrected chi connectivity index (χ2v) is 7.99. The zero-order valence-corrected chi connectivity index (χ0v) is 14.8. The predicted molar refractivity (Wildman–Crippen MR) is 98.0 cm³/mol. The fraction of sp³-hybridized carbons (Fsp3) is 0.316. The summed E-state index contributed by atoms with van der Waals surface area (Å²) >= 11 is 0. The monoisotopic (exact) mass is 358 g/mol. The molecule has 1 saturated carbocycles. The van der Waals surface area contributed by atoms with Crippen LogP contribution in [0.25, 0.3) is 0 Å². The molecule has 0 heterocycles. The molecule has 3 rings (SSSR count). The van der Waals surface area contributed by atoms with E-state index >= 15 is 0 Å². The molecule has 1 fully saturated rings. The van der Waals surface area contributed by atoms with Gasteiger partial charge >= 0.3 is 0 Å². The highest BCUT2D eigenvalue weighted by Crippen LogP contribution is 2.20. The Labute approximate surface area is 148 Å². The molecular formula is C19H22N2O3S. The average molecular weight is 358 g/mol. The van der Waals surface area contributed by atoms with E-state index in [0.29, 0.717) is 11.3 Å². The van der Waals surface area contributed by atoms with E-state index in [1.807, 2.05) is 0 Å². The Morgan fingerprint density at radius 1 is 0.920 bits per heavy atom. The van der Waals surface area contributed by atoms with Crippen LogP contribution in [-0.4, -0.2) is 20.4 Å². The van der Waals surface area contributed by atoms with Crippen LogP contribution in [0.5, 0.6) is 0 Å². The zero-order chi connectivity index (χ0) is 17.7. The van der Waals surface area contributed by atoms with Crippen LogP contribution in [0, 0.1) is 0 Å². The number of carbonyl (C=O) groups is 1. The second kappa shape index (κ2) is 7.70. The summed E-state index contributed by atoms with van der Waals surface area (Å²) in [5, 5.41) is 3.04. The molecule has 0 spiro atoms. The van der Waals surface area contributed by atoms with Gasteiger partial charge in [0.15, 0.2) is 0 Å². The molecule has 2 aromatic carbocycles. The van der Waals surface area contributed by atoms with Crippen molar-refractivity contribution in [3.8, 4) is 0 Å². The highest BCUT2D eigenvalue weighted by atomic mass is 32.2. The molecule has 132 valence electrons. The van der Waals surface area contributed by atoms with E-state index in [1.165, 1.54) is 18.6 Å². The SMILES string of the molecule is O=C(NC1CCCCC1)c1cccc(NS(=O)(=O)c2ccccc2)c1. The number of anilines is 1. The normalized spacial score (nSPS) is 15.5. The van der Waals surface area contributed by atoms with Gasteiger partial charge in [-0.1, -0.05) is 43.5 Å². The Morgan fingerprint density at radius 2 is 1.64 bits per heavy atom. The van der Waals surface area contributed by atoms with Gasteiger partial charge in [-0.3, -0.25) is 9.52 Å². The molecule has 0 aliphatic heterocycles. The third-order valence-electron chi connectivity index (χ3n) is 4.37. The van der Waals surface area contributed by atoms with Crippen LogP contribution in [0.3, 0.4) is 0 Å². The third-order valence-corrected chi connectivity index (χ3v) is 5.77. The molecule has 2 N–H and O–H groups in total. The molecule has 0 unspecified atom stereocenters.